The second kappa shape index (κ2) is 6.01. The lowest BCUT2D eigenvalue weighted by molar-refractivity contribution is 0.0747. The van der Waals surface area contributed by atoms with Crippen LogP contribution in [0.4, 0.5) is 5.82 Å². The molecule has 1 aromatic heterocycles. The number of benzene rings is 1. The molecule has 0 radical (unpaired) electrons. The summed E-state index contributed by atoms with van der Waals surface area (Å²) in [5.41, 5.74) is 1.69. The van der Waals surface area contributed by atoms with E-state index in [1.165, 1.54) is 6.33 Å². The molecular weight excluding hydrogens is 280 g/mol. The van der Waals surface area contributed by atoms with Crippen molar-refractivity contribution in [2.24, 2.45) is 0 Å². The van der Waals surface area contributed by atoms with Crippen LogP contribution in [-0.2, 0) is 6.54 Å². The van der Waals surface area contributed by atoms with Gasteiger partial charge < -0.3 is 14.5 Å². The monoisotopic (exact) mass is 298 g/mol. The maximum Gasteiger partial charge on any atom is 0.260 e. The van der Waals surface area contributed by atoms with Crippen LogP contribution in [0.15, 0.2) is 36.8 Å². The number of hydrogen-bond donors (Lipinski definition) is 0. The van der Waals surface area contributed by atoms with Crippen LogP contribution in [0.25, 0.3) is 0 Å². The van der Waals surface area contributed by atoms with Gasteiger partial charge in [-0.3, -0.25) is 4.79 Å². The molecule has 6 heteroatoms. The van der Waals surface area contributed by atoms with E-state index in [0.29, 0.717) is 31.1 Å². The standard InChI is InChI=1S/C16H18N4O2/c1-3-19-11-20(9-12-4-6-13(22-2)7-5-12)15-14(16(19)21)8-17-10-18-15/h4-8,10H,3,9,11H2,1-2H3. The second-order valence-corrected chi connectivity index (χ2v) is 5.11. The second-order valence-electron chi connectivity index (χ2n) is 5.11. The number of amides is 1. The van der Waals surface area contributed by atoms with Gasteiger partial charge in [-0.1, -0.05) is 12.1 Å². The van der Waals surface area contributed by atoms with E-state index in [4.69, 9.17) is 4.74 Å². The topological polar surface area (TPSA) is 58.6 Å². The SMILES string of the molecule is CCN1CN(Cc2ccc(OC)cc2)c2ncncc2C1=O. The summed E-state index contributed by atoms with van der Waals surface area (Å²) in [6, 6.07) is 7.91. The fraction of sp³-hybridized carbons (Fsp3) is 0.312. The molecular formula is C16H18N4O2. The van der Waals surface area contributed by atoms with E-state index in [2.05, 4.69) is 14.9 Å². The molecule has 0 fully saturated rings. The van der Waals surface area contributed by atoms with Gasteiger partial charge in [-0.2, -0.15) is 0 Å². The molecule has 0 aliphatic carbocycles. The Kier molecular flexibility index (Phi) is 3.91. The van der Waals surface area contributed by atoms with E-state index in [1.807, 2.05) is 31.2 Å². The molecule has 0 saturated heterocycles. The zero-order chi connectivity index (χ0) is 15.5. The van der Waals surface area contributed by atoms with Crippen molar-refractivity contribution in [3.05, 3.63) is 47.9 Å². The van der Waals surface area contributed by atoms with Crippen LogP contribution in [0.1, 0.15) is 22.8 Å². The van der Waals surface area contributed by atoms with Crippen LogP contribution in [0.3, 0.4) is 0 Å². The third-order valence-electron chi connectivity index (χ3n) is 3.76. The molecule has 1 aliphatic rings. The molecule has 0 bridgehead atoms. The fourth-order valence-electron chi connectivity index (χ4n) is 2.55. The summed E-state index contributed by atoms with van der Waals surface area (Å²) in [7, 11) is 1.65. The van der Waals surface area contributed by atoms with Crippen molar-refractivity contribution in [1.82, 2.24) is 14.9 Å². The molecule has 3 rings (SSSR count). The predicted molar refractivity (Wildman–Crippen MR) is 82.8 cm³/mol. The minimum atomic E-state index is -0.0101. The lowest BCUT2D eigenvalue weighted by Crippen LogP contribution is -2.46. The Morgan fingerprint density at radius 3 is 2.68 bits per heavy atom. The maximum atomic E-state index is 12.3. The highest BCUT2D eigenvalue weighted by atomic mass is 16.5. The molecule has 2 heterocycles. The highest BCUT2D eigenvalue weighted by Gasteiger charge is 2.29. The molecule has 1 aliphatic heterocycles. The third-order valence-corrected chi connectivity index (χ3v) is 3.76. The van der Waals surface area contributed by atoms with Gasteiger partial charge in [0.2, 0.25) is 0 Å². The zero-order valence-electron chi connectivity index (χ0n) is 12.7. The lowest BCUT2D eigenvalue weighted by atomic mass is 10.1. The largest absolute Gasteiger partial charge is 0.497 e. The fourth-order valence-corrected chi connectivity index (χ4v) is 2.55. The smallest absolute Gasteiger partial charge is 0.260 e. The average Bonchev–Trinajstić information content (AvgIpc) is 2.58. The molecule has 1 aromatic carbocycles. The number of fused-ring (bicyclic) bond motifs is 1. The first-order valence-corrected chi connectivity index (χ1v) is 7.20. The molecule has 1 amide bonds. The number of rotatable bonds is 4. The van der Waals surface area contributed by atoms with Crippen molar-refractivity contribution in [2.75, 3.05) is 25.2 Å². The van der Waals surface area contributed by atoms with Crippen molar-refractivity contribution in [3.8, 4) is 5.75 Å². The van der Waals surface area contributed by atoms with Crippen molar-refractivity contribution in [1.29, 1.82) is 0 Å². The van der Waals surface area contributed by atoms with Gasteiger partial charge in [-0.25, -0.2) is 9.97 Å². The number of methoxy groups -OCH3 is 1. The first kappa shape index (κ1) is 14.3. The Bertz CT molecular complexity index is 672. The number of ether oxygens (including phenoxy) is 1. The number of hydrogen-bond acceptors (Lipinski definition) is 5. The predicted octanol–water partition coefficient (Wildman–Crippen LogP) is 1.92. The van der Waals surface area contributed by atoms with E-state index in [0.717, 1.165) is 11.3 Å². The van der Waals surface area contributed by atoms with Gasteiger partial charge in [0.15, 0.2) is 0 Å². The van der Waals surface area contributed by atoms with Crippen LogP contribution in [-0.4, -0.2) is 41.1 Å². The molecule has 0 saturated carbocycles. The summed E-state index contributed by atoms with van der Waals surface area (Å²) >= 11 is 0. The summed E-state index contributed by atoms with van der Waals surface area (Å²) in [5.74, 6) is 1.51. The summed E-state index contributed by atoms with van der Waals surface area (Å²) < 4.78 is 5.18. The summed E-state index contributed by atoms with van der Waals surface area (Å²) in [6.07, 6.45) is 3.07. The summed E-state index contributed by atoms with van der Waals surface area (Å²) in [6.45, 7) is 3.84. The number of carbonyl (C=O) groups excluding carboxylic acids is 1. The average molecular weight is 298 g/mol. The molecule has 0 atom stereocenters. The van der Waals surface area contributed by atoms with E-state index in [-0.39, 0.29) is 5.91 Å². The number of nitrogens with zero attached hydrogens (tertiary/aromatic N) is 4. The van der Waals surface area contributed by atoms with Crippen LogP contribution in [0.2, 0.25) is 0 Å². The molecule has 0 N–H and O–H groups in total. The lowest BCUT2D eigenvalue weighted by Gasteiger charge is -2.36. The number of anilines is 1. The van der Waals surface area contributed by atoms with Gasteiger partial charge in [0, 0.05) is 19.3 Å². The number of carbonyl (C=O) groups is 1. The van der Waals surface area contributed by atoms with E-state index >= 15 is 0 Å². The first-order chi connectivity index (χ1) is 10.7. The quantitative estimate of drug-likeness (QED) is 0.863. The Labute approximate surface area is 129 Å². The Morgan fingerprint density at radius 2 is 2.00 bits per heavy atom. The Morgan fingerprint density at radius 1 is 1.23 bits per heavy atom. The van der Waals surface area contributed by atoms with E-state index in [9.17, 15) is 4.79 Å². The van der Waals surface area contributed by atoms with E-state index in [1.54, 1.807) is 18.2 Å². The van der Waals surface area contributed by atoms with Crippen LogP contribution < -0.4 is 9.64 Å². The highest BCUT2D eigenvalue weighted by Crippen LogP contribution is 2.25. The molecule has 0 spiro atoms. The van der Waals surface area contributed by atoms with Crippen LogP contribution in [0, 0.1) is 0 Å². The normalized spacial score (nSPS) is 14.0. The van der Waals surface area contributed by atoms with Crippen molar-refractivity contribution in [3.63, 3.8) is 0 Å². The van der Waals surface area contributed by atoms with Crippen molar-refractivity contribution >= 4 is 11.7 Å². The van der Waals surface area contributed by atoms with Crippen molar-refractivity contribution in [2.45, 2.75) is 13.5 Å². The first-order valence-electron chi connectivity index (χ1n) is 7.20. The van der Waals surface area contributed by atoms with Crippen LogP contribution >= 0.6 is 0 Å². The zero-order valence-corrected chi connectivity index (χ0v) is 12.7. The Hall–Kier alpha value is -2.63. The van der Waals surface area contributed by atoms with Crippen LogP contribution in [0.5, 0.6) is 5.75 Å². The minimum Gasteiger partial charge on any atom is -0.497 e. The molecule has 2 aromatic rings. The van der Waals surface area contributed by atoms with Gasteiger partial charge >= 0.3 is 0 Å². The van der Waals surface area contributed by atoms with Gasteiger partial charge in [-0.05, 0) is 24.6 Å². The van der Waals surface area contributed by atoms with Crippen molar-refractivity contribution < 1.29 is 9.53 Å². The maximum absolute atomic E-state index is 12.3. The molecule has 0 unspecified atom stereocenters. The minimum absolute atomic E-state index is 0.0101. The number of aromatic nitrogens is 2. The van der Waals surface area contributed by atoms with Gasteiger partial charge in [0.1, 0.15) is 23.5 Å². The highest BCUT2D eigenvalue weighted by molar-refractivity contribution is 6.00. The van der Waals surface area contributed by atoms with Gasteiger partial charge in [0.25, 0.3) is 5.91 Å². The molecule has 22 heavy (non-hydrogen) atoms. The van der Waals surface area contributed by atoms with Gasteiger partial charge in [-0.15, -0.1) is 0 Å². The van der Waals surface area contributed by atoms with Gasteiger partial charge in [0.05, 0.1) is 13.8 Å². The third kappa shape index (κ3) is 2.59. The molecule has 114 valence electrons. The molecule has 6 nitrogen and oxygen atoms in total. The van der Waals surface area contributed by atoms with E-state index < -0.39 is 0 Å². The summed E-state index contributed by atoms with van der Waals surface area (Å²) in [5, 5.41) is 0. The Balaban J connectivity index is 1.89. The summed E-state index contributed by atoms with van der Waals surface area (Å²) in [4.78, 5) is 24.5.